The molecular formula is C12H8ClNO5. The molecule has 1 aliphatic rings. The van der Waals surface area contributed by atoms with Gasteiger partial charge in [-0.15, -0.1) is 0 Å². The molecule has 1 aliphatic heterocycles. The van der Waals surface area contributed by atoms with Gasteiger partial charge >= 0.3 is 11.7 Å². The van der Waals surface area contributed by atoms with Crippen molar-refractivity contribution in [3.8, 4) is 5.75 Å². The predicted molar refractivity (Wildman–Crippen MR) is 68.4 cm³/mol. The van der Waals surface area contributed by atoms with Crippen molar-refractivity contribution in [3.63, 3.8) is 0 Å². The van der Waals surface area contributed by atoms with Crippen molar-refractivity contribution < 1.29 is 19.6 Å². The van der Waals surface area contributed by atoms with Crippen LogP contribution in [-0.2, 0) is 4.79 Å². The maximum atomic E-state index is 10.9. The fourth-order valence-corrected chi connectivity index (χ4v) is 1.89. The molecule has 7 heteroatoms. The van der Waals surface area contributed by atoms with Crippen LogP contribution >= 0.6 is 11.6 Å². The number of ether oxygens (including phenoxy) is 1. The summed E-state index contributed by atoms with van der Waals surface area (Å²) < 4.78 is 5.30. The topological polar surface area (TPSA) is 89.7 Å². The van der Waals surface area contributed by atoms with Crippen LogP contribution in [0, 0.1) is 10.1 Å². The minimum Gasteiger partial charge on any atom is -0.482 e. The highest BCUT2D eigenvalue weighted by molar-refractivity contribution is 6.31. The highest BCUT2D eigenvalue weighted by Gasteiger charge is 2.23. The van der Waals surface area contributed by atoms with Gasteiger partial charge in [-0.05, 0) is 23.8 Å². The molecule has 0 fully saturated rings. The van der Waals surface area contributed by atoms with Crippen LogP contribution in [-0.4, -0.2) is 22.6 Å². The quantitative estimate of drug-likeness (QED) is 0.522. The molecule has 1 aromatic carbocycles. The van der Waals surface area contributed by atoms with E-state index in [1.165, 1.54) is 18.2 Å². The fraction of sp³-hybridized carbons (Fsp3) is 0.0833. The Morgan fingerprint density at radius 1 is 1.53 bits per heavy atom. The van der Waals surface area contributed by atoms with Gasteiger partial charge in [0, 0.05) is 22.7 Å². The van der Waals surface area contributed by atoms with Gasteiger partial charge < -0.3 is 9.84 Å². The summed E-state index contributed by atoms with van der Waals surface area (Å²) in [6.07, 6.45) is 3.95. The fourth-order valence-electron chi connectivity index (χ4n) is 1.67. The van der Waals surface area contributed by atoms with E-state index in [0.29, 0.717) is 11.1 Å². The van der Waals surface area contributed by atoms with Crippen molar-refractivity contribution in [2.24, 2.45) is 0 Å². The second kappa shape index (κ2) is 5.11. The summed E-state index contributed by atoms with van der Waals surface area (Å²) in [5.74, 6) is -0.939. The first-order chi connectivity index (χ1) is 8.97. The number of halogens is 1. The van der Waals surface area contributed by atoms with E-state index in [9.17, 15) is 14.9 Å². The van der Waals surface area contributed by atoms with Gasteiger partial charge in [-0.2, -0.15) is 0 Å². The molecule has 0 atom stereocenters. The summed E-state index contributed by atoms with van der Waals surface area (Å²) in [5.41, 5.74) is 0.835. The number of nitro groups is 1. The van der Waals surface area contributed by atoms with Gasteiger partial charge in [0.15, 0.2) is 0 Å². The number of nitro benzene ring substituents is 1. The lowest BCUT2D eigenvalue weighted by Crippen LogP contribution is -2.08. The number of carboxylic acids is 1. The largest absolute Gasteiger partial charge is 0.482 e. The minimum absolute atomic E-state index is 0.0687. The van der Waals surface area contributed by atoms with E-state index in [1.54, 1.807) is 6.08 Å². The summed E-state index contributed by atoms with van der Waals surface area (Å²) >= 11 is 5.80. The van der Waals surface area contributed by atoms with Crippen molar-refractivity contribution >= 4 is 29.3 Å². The zero-order valence-corrected chi connectivity index (χ0v) is 10.3. The Bertz CT molecular complexity index is 621. The molecule has 0 aromatic heterocycles. The molecule has 0 radical (unpaired) electrons. The van der Waals surface area contributed by atoms with E-state index in [-0.39, 0.29) is 23.1 Å². The van der Waals surface area contributed by atoms with Gasteiger partial charge in [-0.25, -0.2) is 4.79 Å². The third-order valence-electron chi connectivity index (χ3n) is 2.42. The van der Waals surface area contributed by atoms with Crippen LogP contribution in [0.15, 0.2) is 29.9 Å². The number of hydrogen-bond acceptors (Lipinski definition) is 4. The van der Waals surface area contributed by atoms with Gasteiger partial charge in [0.05, 0.1) is 4.92 Å². The third kappa shape index (κ3) is 2.92. The van der Waals surface area contributed by atoms with Crippen molar-refractivity contribution in [2.45, 2.75) is 0 Å². The van der Waals surface area contributed by atoms with E-state index in [4.69, 9.17) is 21.4 Å². The maximum Gasteiger partial charge on any atom is 0.328 e. The molecule has 98 valence electrons. The molecule has 2 rings (SSSR count). The van der Waals surface area contributed by atoms with Crippen LogP contribution in [0.2, 0.25) is 5.02 Å². The third-order valence-corrected chi connectivity index (χ3v) is 2.64. The lowest BCUT2D eigenvalue weighted by Gasteiger charge is -2.16. The molecule has 0 saturated heterocycles. The smallest absolute Gasteiger partial charge is 0.328 e. The number of carbonyl (C=O) groups is 1. The first kappa shape index (κ1) is 13.1. The second-order valence-electron chi connectivity index (χ2n) is 3.78. The van der Waals surface area contributed by atoms with Crippen LogP contribution in [0.3, 0.4) is 0 Å². The predicted octanol–water partition coefficient (Wildman–Crippen LogP) is 2.66. The highest BCUT2D eigenvalue weighted by Crippen LogP contribution is 2.38. The van der Waals surface area contributed by atoms with Crippen molar-refractivity contribution in [1.82, 2.24) is 0 Å². The molecule has 1 N–H and O–H groups in total. The summed E-state index contributed by atoms with van der Waals surface area (Å²) in [7, 11) is 0. The Balaban J connectivity index is 2.45. The SMILES string of the molecule is O=C(O)/C=C/C1=Cc2cc(Cl)cc([N+](=O)[O-])c2OC1. The molecule has 0 saturated carbocycles. The number of aliphatic carboxylic acids is 1. The molecule has 19 heavy (non-hydrogen) atoms. The molecule has 0 bridgehead atoms. The summed E-state index contributed by atoms with van der Waals surface area (Å²) in [6.45, 7) is 0.0687. The molecular weight excluding hydrogens is 274 g/mol. The number of benzene rings is 1. The summed E-state index contributed by atoms with van der Waals surface area (Å²) in [5, 5.41) is 19.6. The number of hydrogen-bond donors (Lipinski definition) is 1. The normalized spacial score (nSPS) is 13.6. The van der Waals surface area contributed by atoms with Crippen molar-refractivity contribution in [2.75, 3.05) is 6.61 Å². The molecule has 1 aromatic rings. The molecule has 0 spiro atoms. The van der Waals surface area contributed by atoms with E-state index in [0.717, 1.165) is 6.08 Å². The summed E-state index contributed by atoms with van der Waals surface area (Å²) in [6, 6.07) is 2.74. The second-order valence-corrected chi connectivity index (χ2v) is 4.22. The monoisotopic (exact) mass is 281 g/mol. The van der Waals surface area contributed by atoms with Crippen LogP contribution in [0.1, 0.15) is 5.56 Å². The standard InChI is InChI=1S/C12H8ClNO5/c13-9-4-8-3-7(1-2-11(15)16)6-19-12(8)10(5-9)14(17)18/h1-5H,6H2,(H,15,16)/b2-1+. The zero-order valence-electron chi connectivity index (χ0n) is 9.50. The first-order valence-corrected chi connectivity index (χ1v) is 5.57. The lowest BCUT2D eigenvalue weighted by atomic mass is 10.1. The Hall–Kier alpha value is -2.34. The van der Waals surface area contributed by atoms with Crippen LogP contribution < -0.4 is 4.74 Å². The van der Waals surface area contributed by atoms with Gasteiger partial charge in [-0.1, -0.05) is 11.6 Å². The van der Waals surface area contributed by atoms with E-state index < -0.39 is 10.9 Å². The number of carboxylic acid groups (broad SMARTS) is 1. The zero-order chi connectivity index (χ0) is 14.0. The Labute approximate surface area is 112 Å². The first-order valence-electron chi connectivity index (χ1n) is 5.19. The van der Waals surface area contributed by atoms with Gasteiger partial charge in [0.2, 0.25) is 5.75 Å². The molecule has 0 amide bonds. The van der Waals surface area contributed by atoms with Gasteiger partial charge in [0.25, 0.3) is 0 Å². The van der Waals surface area contributed by atoms with Crippen LogP contribution in [0.25, 0.3) is 6.08 Å². The Morgan fingerprint density at radius 3 is 2.89 bits per heavy atom. The van der Waals surface area contributed by atoms with E-state index in [1.807, 2.05) is 0 Å². The lowest BCUT2D eigenvalue weighted by molar-refractivity contribution is -0.385. The highest BCUT2D eigenvalue weighted by atomic mass is 35.5. The molecule has 0 unspecified atom stereocenters. The molecule has 0 aliphatic carbocycles. The van der Waals surface area contributed by atoms with Gasteiger partial charge in [0.1, 0.15) is 6.61 Å². The van der Waals surface area contributed by atoms with Crippen LogP contribution in [0.5, 0.6) is 5.75 Å². The average molecular weight is 282 g/mol. The van der Waals surface area contributed by atoms with Crippen molar-refractivity contribution in [1.29, 1.82) is 0 Å². The van der Waals surface area contributed by atoms with Gasteiger partial charge in [-0.3, -0.25) is 10.1 Å². The number of fused-ring (bicyclic) bond motifs is 1. The maximum absolute atomic E-state index is 10.9. The number of rotatable bonds is 3. The van der Waals surface area contributed by atoms with E-state index in [2.05, 4.69) is 0 Å². The van der Waals surface area contributed by atoms with Crippen LogP contribution in [0.4, 0.5) is 5.69 Å². The Morgan fingerprint density at radius 2 is 2.26 bits per heavy atom. The minimum atomic E-state index is -1.08. The molecule has 6 nitrogen and oxygen atoms in total. The average Bonchev–Trinajstić information content (AvgIpc) is 2.34. The molecule has 1 heterocycles. The Kier molecular flexibility index (Phi) is 3.52. The summed E-state index contributed by atoms with van der Waals surface area (Å²) in [4.78, 5) is 20.7. The van der Waals surface area contributed by atoms with Crippen molar-refractivity contribution in [3.05, 3.63) is 50.6 Å². The van der Waals surface area contributed by atoms with E-state index >= 15 is 0 Å². The number of nitrogens with zero attached hydrogens (tertiary/aromatic N) is 1.